The zero-order valence-corrected chi connectivity index (χ0v) is 20.8. The van der Waals surface area contributed by atoms with Gasteiger partial charge in [-0.25, -0.2) is 23.1 Å². The van der Waals surface area contributed by atoms with Gasteiger partial charge in [0.25, 0.3) is 11.5 Å². The first-order valence-electron chi connectivity index (χ1n) is 12.0. The predicted octanol–water partition coefficient (Wildman–Crippen LogP) is 5.58. The van der Waals surface area contributed by atoms with Crippen molar-refractivity contribution >= 4 is 17.2 Å². The van der Waals surface area contributed by atoms with E-state index in [1.54, 1.807) is 38.5 Å². The molecule has 37 heavy (non-hydrogen) atoms. The Morgan fingerprint density at radius 3 is 2.70 bits per heavy atom. The summed E-state index contributed by atoms with van der Waals surface area (Å²) in [6.45, 7) is 3.84. The van der Waals surface area contributed by atoms with E-state index in [9.17, 15) is 13.6 Å². The van der Waals surface area contributed by atoms with Crippen molar-refractivity contribution in [3.63, 3.8) is 0 Å². The van der Waals surface area contributed by atoms with E-state index in [0.717, 1.165) is 0 Å². The largest absolute Gasteiger partial charge is 0.373 e. The van der Waals surface area contributed by atoms with Gasteiger partial charge in [0, 0.05) is 58.7 Å². The molecule has 0 N–H and O–H groups in total. The molecule has 1 aliphatic heterocycles. The normalized spacial score (nSPS) is 22.9. The Hall–Kier alpha value is -3.24. The zero-order chi connectivity index (χ0) is 26.1. The molecule has 1 unspecified atom stereocenters. The number of halogens is 4. The highest BCUT2D eigenvalue weighted by Crippen LogP contribution is 2.52. The van der Waals surface area contributed by atoms with Gasteiger partial charge in [0.15, 0.2) is 5.65 Å². The number of ether oxygens (including phenoxy) is 1. The zero-order valence-electron chi connectivity index (χ0n) is 20.1. The predicted molar refractivity (Wildman–Crippen MR) is 131 cm³/mol. The minimum atomic E-state index is -2.72. The van der Waals surface area contributed by atoms with Gasteiger partial charge in [-0.1, -0.05) is 11.6 Å². The summed E-state index contributed by atoms with van der Waals surface area (Å²) < 4.78 is 50.7. The Kier molecular flexibility index (Phi) is 5.65. The number of fused-ring (bicyclic) bond motifs is 1. The lowest BCUT2D eigenvalue weighted by Gasteiger charge is -2.29. The van der Waals surface area contributed by atoms with Crippen LogP contribution in [0.4, 0.5) is 13.2 Å². The second kappa shape index (κ2) is 8.66. The van der Waals surface area contributed by atoms with Crippen LogP contribution in [0.5, 0.6) is 0 Å². The molecule has 1 aliphatic carbocycles. The number of hydrogen-bond acceptors (Lipinski definition) is 5. The van der Waals surface area contributed by atoms with E-state index in [2.05, 4.69) is 10.1 Å². The van der Waals surface area contributed by atoms with E-state index in [1.807, 2.05) is 0 Å². The second-order valence-electron chi connectivity index (χ2n) is 9.77. The SMILES string of the molecule is Cc1nc2c(-c3ccc(Cl)cc3F)nc([C@H]3CCO[C@@H](c4cnn(C5CC5(F)F)c4)C3)cn2c(=O)c1C. The second-order valence-corrected chi connectivity index (χ2v) is 10.2. The summed E-state index contributed by atoms with van der Waals surface area (Å²) in [6, 6.07) is 3.38. The topological polar surface area (TPSA) is 74.3 Å². The minimum Gasteiger partial charge on any atom is -0.373 e. The van der Waals surface area contributed by atoms with Crippen LogP contribution < -0.4 is 5.56 Å². The van der Waals surface area contributed by atoms with Crippen molar-refractivity contribution in [1.29, 1.82) is 0 Å². The summed E-state index contributed by atoms with van der Waals surface area (Å²) in [6.07, 6.45) is 5.37. The third-order valence-electron chi connectivity index (χ3n) is 7.29. The average Bonchev–Trinajstić information content (AvgIpc) is 3.25. The van der Waals surface area contributed by atoms with Crippen LogP contribution in [0.3, 0.4) is 0 Å². The summed E-state index contributed by atoms with van der Waals surface area (Å²) in [4.78, 5) is 22.6. The summed E-state index contributed by atoms with van der Waals surface area (Å²) in [5, 5.41) is 4.37. The van der Waals surface area contributed by atoms with Crippen molar-refractivity contribution in [3.8, 4) is 11.3 Å². The van der Waals surface area contributed by atoms with Crippen LogP contribution in [-0.4, -0.2) is 36.7 Å². The number of aryl methyl sites for hydroxylation is 1. The fraction of sp³-hybridized carbons (Fsp3) is 0.385. The highest BCUT2D eigenvalue weighted by Gasteiger charge is 2.59. The Morgan fingerprint density at radius 2 is 1.97 bits per heavy atom. The van der Waals surface area contributed by atoms with Crippen LogP contribution in [0, 0.1) is 19.7 Å². The Balaban J connectivity index is 1.41. The fourth-order valence-electron chi connectivity index (χ4n) is 4.89. The van der Waals surface area contributed by atoms with Gasteiger partial charge in [0.2, 0.25) is 0 Å². The molecule has 6 rings (SSSR count). The molecule has 0 radical (unpaired) electrons. The molecule has 0 amide bonds. The monoisotopic (exact) mass is 529 g/mol. The van der Waals surface area contributed by atoms with Crippen molar-refractivity contribution in [2.75, 3.05) is 6.61 Å². The minimum absolute atomic E-state index is 0.128. The molecule has 1 saturated carbocycles. The van der Waals surface area contributed by atoms with Crippen LogP contribution in [0.1, 0.15) is 59.8 Å². The molecule has 1 aromatic carbocycles. The number of rotatable bonds is 4. The van der Waals surface area contributed by atoms with E-state index >= 15 is 4.39 Å². The molecule has 1 saturated heterocycles. The van der Waals surface area contributed by atoms with Crippen molar-refractivity contribution in [2.24, 2.45) is 0 Å². The van der Waals surface area contributed by atoms with Crippen LogP contribution in [0.25, 0.3) is 16.9 Å². The molecular formula is C26H23ClF3N5O2. The molecule has 3 atom stereocenters. The van der Waals surface area contributed by atoms with Gasteiger partial charge in [-0.3, -0.25) is 13.9 Å². The quantitative estimate of drug-likeness (QED) is 0.345. The van der Waals surface area contributed by atoms with Gasteiger partial charge in [-0.2, -0.15) is 5.10 Å². The molecule has 3 aromatic heterocycles. The molecule has 2 aliphatic rings. The maximum atomic E-state index is 15.0. The number of aromatic nitrogens is 5. The van der Waals surface area contributed by atoms with Gasteiger partial charge in [-0.05, 0) is 44.9 Å². The summed E-state index contributed by atoms with van der Waals surface area (Å²) in [5.41, 5.74) is 2.78. The van der Waals surface area contributed by atoms with Crippen LogP contribution in [0.15, 0.2) is 41.6 Å². The van der Waals surface area contributed by atoms with Gasteiger partial charge >= 0.3 is 0 Å². The molecule has 4 heterocycles. The van der Waals surface area contributed by atoms with Crippen LogP contribution in [-0.2, 0) is 4.74 Å². The van der Waals surface area contributed by atoms with Gasteiger partial charge in [-0.15, -0.1) is 0 Å². The summed E-state index contributed by atoms with van der Waals surface area (Å²) in [7, 11) is 0. The molecule has 0 bridgehead atoms. The first-order valence-corrected chi connectivity index (χ1v) is 12.4. The third-order valence-corrected chi connectivity index (χ3v) is 7.53. The molecular weight excluding hydrogens is 507 g/mol. The maximum Gasteiger partial charge on any atom is 0.272 e. The van der Waals surface area contributed by atoms with E-state index in [0.29, 0.717) is 42.0 Å². The van der Waals surface area contributed by atoms with Crippen molar-refractivity contribution in [1.82, 2.24) is 24.1 Å². The highest BCUT2D eigenvalue weighted by atomic mass is 35.5. The standard InChI is InChI=1S/C26H23ClF3N5O2/c1-13-14(2)32-24-23(18-4-3-17(27)8-19(18)28)33-20(12-34(24)25(13)36)15-5-6-37-21(7-15)16-10-31-35(11-16)22-9-26(22,29)30/h3-4,8,10-12,15,21-22H,5-7,9H2,1-2H3/t15-,21+,22?/m0/s1. The number of benzene rings is 1. The first kappa shape index (κ1) is 24.1. The van der Waals surface area contributed by atoms with E-state index in [1.165, 1.54) is 21.2 Å². The lowest BCUT2D eigenvalue weighted by molar-refractivity contribution is 0.00449. The Bertz CT molecular complexity index is 1600. The van der Waals surface area contributed by atoms with Crippen LogP contribution >= 0.6 is 11.6 Å². The summed E-state index contributed by atoms with van der Waals surface area (Å²) in [5.74, 6) is -3.42. The Morgan fingerprint density at radius 1 is 1.19 bits per heavy atom. The molecule has 192 valence electrons. The third kappa shape index (κ3) is 4.21. The van der Waals surface area contributed by atoms with Gasteiger partial charge < -0.3 is 4.74 Å². The molecule has 2 fully saturated rings. The van der Waals surface area contributed by atoms with E-state index in [4.69, 9.17) is 21.3 Å². The average molecular weight is 530 g/mol. The number of alkyl halides is 2. The van der Waals surface area contributed by atoms with E-state index < -0.39 is 17.8 Å². The lowest BCUT2D eigenvalue weighted by Crippen LogP contribution is -2.24. The van der Waals surface area contributed by atoms with Crippen LogP contribution in [0.2, 0.25) is 5.02 Å². The number of nitrogens with zero attached hydrogens (tertiary/aromatic N) is 5. The molecule has 0 spiro atoms. The maximum absolute atomic E-state index is 15.0. The fourth-order valence-corrected chi connectivity index (χ4v) is 5.05. The summed E-state index contributed by atoms with van der Waals surface area (Å²) >= 11 is 5.97. The van der Waals surface area contributed by atoms with Crippen molar-refractivity contribution < 1.29 is 17.9 Å². The molecule has 7 nitrogen and oxygen atoms in total. The van der Waals surface area contributed by atoms with Crippen molar-refractivity contribution in [3.05, 3.63) is 80.5 Å². The highest BCUT2D eigenvalue weighted by molar-refractivity contribution is 6.30. The first-order chi connectivity index (χ1) is 17.6. The molecule has 11 heteroatoms. The smallest absolute Gasteiger partial charge is 0.272 e. The number of hydrogen-bond donors (Lipinski definition) is 0. The Labute approximate surface area is 214 Å². The van der Waals surface area contributed by atoms with E-state index in [-0.39, 0.29) is 45.9 Å². The lowest BCUT2D eigenvalue weighted by atomic mass is 9.90. The van der Waals surface area contributed by atoms with Gasteiger partial charge in [0.1, 0.15) is 17.6 Å². The van der Waals surface area contributed by atoms with Crippen molar-refractivity contribution in [2.45, 2.75) is 57.1 Å². The van der Waals surface area contributed by atoms with Gasteiger partial charge in [0.05, 0.1) is 18.0 Å². The molecule has 4 aromatic rings.